The number of hydrogen-bond donors (Lipinski definition) is 1. The molecule has 0 saturated carbocycles. The molecule has 1 rings (SSSR count). The number of ether oxygens (including phenoxy) is 1. The van der Waals surface area contributed by atoms with Gasteiger partial charge in [-0.1, -0.05) is 0 Å². The fraction of sp³-hybridized carbons (Fsp3) is 0.125. The van der Waals surface area contributed by atoms with Gasteiger partial charge < -0.3 is 9.84 Å². The Balaban J connectivity index is 3.38. The quantitative estimate of drug-likeness (QED) is 0.860. The van der Waals surface area contributed by atoms with Gasteiger partial charge in [0, 0.05) is 0 Å². The van der Waals surface area contributed by atoms with E-state index < -0.39 is 25.8 Å². The lowest BCUT2D eigenvalue weighted by Gasteiger charge is -2.02. The van der Waals surface area contributed by atoms with Crippen LogP contribution in [0.1, 0.15) is 10.4 Å². The molecule has 1 aromatic rings. The van der Waals surface area contributed by atoms with Crippen molar-refractivity contribution in [2.24, 2.45) is 0 Å². The predicted octanol–water partition coefficient (Wildman–Crippen LogP) is 1.76. The van der Waals surface area contributed by atoms with Crippen molar-refractivity contribution in [3.8, 4) is 5.75 Å². The van der Waals surface area contributed by atoms with E-state index >= 15 is 0 Å². The molecule has 14 heavy (non-hydrogen) atoms. The molecule has 76 valence electrons. The molecular weight excluding hydrogens is 303 g/mol. The van der Waals surface area contributed by atoms with E-state index in [1.165, 1.54) is 25.3 Å². The number of methoxy groups -OCH3 is 1. The third-order valence-electron chi connectivity index (χ3n) is 1.57. The predicted molar refractivity (Wildman–Crippen MR) is 54.0 cm³/mol. The lowest BCUT2D eigenvalue weighted by Crippen LogP contribution is -2.00. The van der Waals surface area contributed by atoms with Crippen LogP contribution in [-0.4, -0.2) is 18.2 Å². The van der Waals surface area contributed by atoms with Gasteiger partial charge in [0.15, 0.2) is 0 Å². The van der Waals surface area contributed by atoms with Crippen LogP contribution < -0.4 is 4.74 Å². The van der Waals surface area contributed by atoms with Crippen LogP contribution in [0.15, 0.2) is 18.2 Å². The number of carbonyl (C=O) groups is 1. The molecule has 0 radical (unpaired) electrons. The molecule has 0 aromatic heterocycles. The summed E-state index contributed by atoms with van der Waals surface area (Å²) in [5, 5.41) is 8.73. The van der Waals surface area contributed by atoms with Crippen LogP contribution in [0.3, 0.4) is 0 Å². The van der Waals surface area contributed by atoms with E-state index in [2.05, 4.69) is 0 Å². The highest BCUT2D eigenvalue weighted by atomic mass is 127. The molecule has 0 aliphatic carbocycles. The van der Waals surface area contributed by atoms with Crippen molar-refractivity contribution in [1.82, 2.24) is 0 Å². The average Bonchev–Trinajstić information content (AvgIpc) is 2.16. The van der Waals surface area contributed by atoms with Crippen molar-refractivity contribution >= 4 is 25.8 Å². The van der Waals surface area contributed by atoms with Crippen LogP contribution in [0.5, 0.6) is 5.75 Å². The van der Waals surface area contributed by atoms with Gasteiger partial charge in [-0.25, -0.2) is 10.9 Å². The normalized spacial score (nSPS) is 10.1. The highest BCUT2D eigenvalue weighted by molar-refractivity contribution is 14.2. The first-order chi connectivity index (χ1) is 6.56. The largest absolute Gasteiger partial charge is 0.497 e. The first-order valence-electron chi connectivity index (χ1n) is 3.53. The first kappa shape index (κ1) is 10.9. The molecule has 5 nitrogen and oxygen atoms in total. The van der Waals surface area contributed by atoms with Crippen molar-refractivity contribution in [2.45, 2.75) is 0 Å². The van der Waals surface area contributed by atoms with Gasteiger partial charge >= 0.3 is 25.8 Å². The van der Waals surface area contributed by atoms with Crippen LogP contribution in [0, 0.1) is 3.57 Å². The fourth-order valence-electron chi connectivity index (χ4n) is 0.930. The minimum Gasteiger partial charge on any atom is -0.497 e. The van der Waals surface area contributed by atoms with E-state index in [4.69, 9.17) is 9.84 Å². The van der Waals surface area contributed by atoms with Gasteiger partial charge in [0.05, 0.1) is 16.2 Å². The molecule has 1 N–H and O–H groups in total. The molecule has 6 heteroatoms. The van der Waals surface area contributed by atoms with E-state index in [0.29, 0.717) is 5.75 Å². The Morgan fingerprint density at radius 1 is 1.43 bits per heavy atom. The second-order valence-corrected chi connectivity index (χ2v) is 4.77. The van der Waals surface area contributed by atoms with E-state index in [9.17, 15) is 10.9 Å². The van der Waals surface area contributed by atoms with Crippen LogP contribution in [-0.2, 0) is 6.14 Å². The number of hydrogen-bond acceptors (Lipinski definition) is 4. The van der Waals surface area contributed by atoms with Crippen molar-refractivity contribution in [2.75, 3.05) is 7.11 Å². The molecule has 0 atom stereocenters. The number of benzene rings is 1. The van der Waals surface area contributed by atoms with Crippen molar-refractivity contribution < 1.29 is 20.8 Å². The maximum Gasteiger partial charge on any atom is 0.341 e. The monoisotopic (exact) mass is 310 g/mol. The van der Waals surface area contributed by atoms with Gasteiger partial charge in [-0.3, -0.25) is 0 Å². The van der Waals surface area contributed by atoms with Crippen molar-refractivity contribution in [3.05, 3.63) is 27.3 Å². The summed E-state index contributed by atoms with van der Waals surface area (Å²) < 4.78 is 26.2. The molecule has 0 unspecified atom stereocenters. The summed E-state index contributed by atoms with van der Waals surface area (Å²) in [6, 6.07) is 3.85. The standard InChI is InChI=1S/C8H7IO5/c1-14-5-2-3-7(9(12)13)6(4-5)8(10)11/h2-4H,1H3,(H,10,11). The van der Waals surface area contributed by atoms with Crippen LogP contribution in [0.2, 0.25) is 0 Å². The minimum absolute atomic E-state index is 0.123. The zero-order valence-corrected chi connectivity index (χ0v) is 9.35. The molecule has 1 aromatic carbocycles. The second kappa shape index (κ2) is 4.36. The van der Waals surface area contributed by atoms with Gasteiger partial charge in [-0.15, -0.1) is 0 Å². The number of carboxylic acids is 1. The SMILES string of the molecule is COc1ccc(I(=O)=O)c(C(=O)O)c1. The summed E-state index contributed by atoms with van der Waals surface area (Å²) in [5.41, 5.74) is -0.237. The molecule has 0 aliphatic rings. The Morgan fingerprint density at radius 3 is 2.50 bits per heavy atom. The average molecular weight is 310 g/mol. The van der Waals surface area contributed by atoms with Crippen LogP contribution in [0.25, 0.3) is 0 Å². The minimum atomic E-state index is -3.76. The van der Waals surface area contributed by atoms with Gasteiger partial charge in [0.1, 0.15) is 5.75 Å². The summed E-state index contributed by atoms with van der Waals surface area (Å²) in [7, 11) is 1.38. The lowest BCUT2D eigenvalue weighted by atomic mass is 10.2. The fourth-order valence-corrected chi connectivity index (χ4v) is 2.26. The van der Waals surface area contributed by atoms with E-state index in [0.717, 1.165) is 0 Å². The van der Waals surface area contributed by atoms with Crippen LogP contribution in [0.4, 0.5) is 0 Å². The molecule has 0 spiro atoms. The second-order valence-electron chi connectivity index (χ2n) is 2.37. The van der Waals surface area contributed by atoms with Crippen LogP contribution >= 0.6 is 19.8 Å². The van der Waals surface area contributed by atoms with E-state index in [-0.39, 0.29) is 9.13 Å². The van der Waals surface area contributed by atoms with Gasteiger partial charge in [-0.2, -0.15) is 0 Å². The van der Waals surface area contributed by atoms with Gasteiger partial charge in [0.25, 0.3) is 0 Å². The summed E-state index contributed by atoms with van der Waals surface area (Å²) in [4.78, 5) is 10.7. The van der Waals surface area contributed by atoms with E-state index in [1.807, 2.05) is 0 Å². The Hall–Kier alpha value is -1.18. The summed E-state index contributed by atoms with van der Waals surface area (Å²) in [6.07, 6.45) is 0. The molecule has 0 fully saturated rings. The Kier molecular flexibility index (Phi) is 3.39. The molecule has 0 bridgehead atoms. The Labute approximate surface area is 86.8 Å². The smallest absolute Gasteiger partial charge is 0.341 e. The van der Waals surface area contributed by atoms with E-state index in [1.54, 1.807) is 0 Å². The van der Waals surface area contributed by atoms with Crippen molar-refractivity contribution in [1.29, 1.82) is 0 Å². The third-order valence-corrected chi connectivity index (χ3v) is 3.46. The third kappa shape index (κ3) is 2.19. The molecule has 0 aliphatic heterocycles. The topological polar surface area (TPSA) is 80.7 Å². The Bertz CT molecular complexity index is 427. The molecular formula is C8H7IO5. The Morgan fingerprint density at radius 2 is 2.07 bits per heavy atom. The number of carboxylic acid groups (broad SMARTS) is 1. The number of aromatic carboxylic acids is 1. The highest BCUT2D eigenvalue weighted by Crippen LogP contribution is 2.25. The lowest BCUT2D eigenvalue weighted by molar-refractivity contribution is 0.0695. The maximum absolute atomic E-state index is 10.8. The highest BCUT2D eigenvalue weighted by Gasteiger charge is 2.14. The summed E-state index contributed by atoms with van der Waals surface area (Å²) in [6.45, 7) is 0. The zero-order valence-electron chi connectivity index (χ0n) is 7.19. The molecule has 0 amide bonds. The molecule has 0 saturated heterocycles. The summed E-state index contributed by atoms with van der Waals surface area (Å²) >= 11 is -3.76. The van der Waals surface area contributed by atoms with Gasteiger partial charge in [-0.05, 0) is 18.2 Å². The number of halogens is 1. The van der Waals surface area contributed by atoms with Gasteiger partial charge in [0.2, 0.25) is 0 Å². The molecule has 0 heterocycles. The van der Waals surface area contributed by atoms with Crippen molar-refractivity contribution in [3.63, 3.8) is 0 Å². The maximum atomic E-state index is 10.8. The number of rotatable bonds is 3. The summed E-state index contributed by atoms with van der Waals surface area (Å²) in [5.74, 6) is -0.947. The zero-order chi connectivity index (χ0) is 10.7. The first-order valence-corrected chi connectivity index (χ1v) is 6.37.